The van der Waals surface area contributed by atoms with Gasteiger partial charge in [-0.25, -0.2) is 0 Å². The van der Waals surface area contributed by atoms with Crippen LogP contribution in [0.2, 0.25) is 0 Å². The fourth-order valence-electron chi connectivity index (χ4n) is 2.23. The van der Waals surface area contributed by atoms with Crippen LogP contribution in [0.15, 0.2) is 30.3 Å². The van der Waals surface area contributed by atoms with Crippen LogP contribution in [-0.2, 0) is 11.3 Å². The maximum Gasteiger partial charge on any atom is 0.0717 e. The number of rotatable bonds is 7. The van der Waals surface area contributed by atoms with E-state index in [1.54, 1.807) is 0 Å². The van der Waals surface area contributed by atoms with Crippen molar-refractivity contribution in [3.63, 3.8) is 0 Å². The molecule has 94 valence electrons. The Morgan fingerprint density at radius 1 is 1.29 bits per heavy atom. The summed E-state index contributed by atoms with van der Waals surface area (Å²) in [5, 5.41) is 3.55. The molecule has 1 fully saturated rings. The zero-order chi connectivity index (χ0) is 11.9. The van der Waals surface area contributed by atoms with E-state index in [1.807, 2.05) is 6.07 Å². The predicted molar refractivity (Wildman–Crippen MR) is 70.9 cm³/mol. The Morgan fingerprint density at radius 3 is 2.71 bits per heavy atom. The summed E-state index contributed by atoms with van der Waals surface area (Å²) < 4.78 is 5.64. The van der Waals surface area contributed by atoms with Crippen LogP contribution in [0.1, 0.15) is 31.7 Å². The first-order valence-electron chi connectivity index (χ1n) is 6.71. The van der Waals surface area contributed by atoms with Gasteiger partial charge < -0.3 is 10.1 Å². The molecule has 2 heteroatoms. The van der Waals surface area contributed by atoms with Crippen molar-refractivity contribution in [2.45, 2.75) is 38.8 Å². The molecule has 1 aromatic rings. The van der Waals surface area contributed by atoms with Gasteiger partial charge in [0.15, 0.2) is 0 Å². The molecular weight excluding hydrogens is 210 g/mol. The lowest BCUT2D eigenvalue weighted by Crippen LogP contribution is -2.38. The van der Waals surface area contributed by atoms with Gasteiger partial charge in [0.05, 0.1) is 13.2 Å². The Bertz CT molecular complexity index is 308. The predicted octanol–water partition coefficient (Wildman–Crippen LogP) is 2.98. The Balaban J connectivity index is 1.51. The lowest BCUT2D eigenvalue weighted by molar-refractivity contribution is 0.116. The molecular formula is C15H23NO. The van der Waals surface area contributed by atoms with Gasteiger partial charge in [0.2, 0.25) is 0 Å². The second kappa shape index (κ2) is 6.77. The summed E-state index contributed by atoms with van der Waals surface area (Å²) in [5.74, 6) is 0.907. The molecule has 17 heavy (non-hydrogen) atoms. The number of hydrogen-bond acceptors (Lipinski definition) is 2. The maximum absolute atomic E-state index is 5.64. The monoisotopic (exact) mass is 233 g/mol. The van der Waals surface area contributed by atoms with Crippen molar-refractivity contribution in [1.29, 1.82) is 0 Å². The molecule has 0 bridgehead atoms. The van der Waals surface area contributed by atoms with Crippen LogP contribution < -0.4 is 5.32 Å². The van der Waals surface area contributed by atoms with Gasteiger partial charge in [0, 0.05) is 12.6 Å². The molecule has 0 amide bonds. The van der Waals surface area contributed by atoms with Gasteiger partial charge in [0.25, 0.3) is 0 Å². The summed E-state index contributed by atoms with van der Waals surface area (Å²) in [7, 11) is 0. The van der Waals surface area contributed by atoms with Gasteiger partial charge in [-0.3, -0.25) is 0 Å². The normalized spacial score (nSPS) is 17.7. The van der Waals surface area contributed by atoms with E-state index in [1.165, 1.54) is 24.8 Å². The molecule has 0 radical (unpaired) electrons. The molecule has 1 aliphatic carbocycles. The zero-order valence-corrected chi connectivity index (χ0v) is 10.7. The number of nitrogens with one attached hydrogen (secondary N) is 1. The third kappa shape index (κ3) is 4.14. The third-order valence-corrected chi connectivity index (χ3v) is 3.68. The minimum absolute atomic E-state index is 0.657. The molecule has 1 saturated carbocycles. The average molecular weight is 233 g/mol. The van der Waals surface area contributed by atoms with Gasteiger partial charge in [-0.2, -0.15) is 0 Å². The molecule has 0 aromatic heterocycles. The summed E-state index contributed by atoms with van der Waals surface area (Å²) in [6.07, 6.45) is 4.22. The Morgan fingerprint density at radius 2 is 2.06 bits per heavy atom. The lowest BCUT2D eigenvalue weighted by atomic mass is 9.80. The number of hydrogen-bond donors (Lipinski definition) is 1. The standard InChI is InChI=1S/C15H23NO/c1-13(15-8-5-9-15)16-10-11-17-12-14-6-3-2-4-7-14/h2-4,6-7,13,15-16H,5,8-12H2,1H3. The molecule has 1 N–H and O–H groups in total. The highest BCUT2D eigenvalue weighted by molar-refractivity contribution is 5.13. The molecule has 1 aliphatic rings. The van der Waals surface area contributed by atoms with Crippen LogP contribution in [0.3, 0.4) is 0 Å². The van der Waals surface area contributed by atoms with Crippen LogP contribution in [0.5, 0.6) is 0 Å². The largest absolute Gasteiger partial charge is 0.375 e. The highest BCUT2D eigenvalue weighted by atomic mass is 16.5. The van der Waals surface area contributed by atoms with E-state index in [4.69, 9.17) is 4.74 Å². The first-order chi connectivity index (χ1) is 8.36. The topological polar surface area (TPSA) is 21.3 Å². The van der Waals surface area contributed by atoms with Crippen molar-refractivity contribution in [2.24, 2.45) is 5.92 Å². The summed E-state index contributed by atoms with van der Waals surface area (Å²) in [4.78, 5) is 0. The van der Waals surface area contributed by atoms with Crippen molar-refractivity contribution in [3.05, 3.63) is 35.9 Å². The van der Waals surface area contributed by atoms with Crippen molar-refractivity contribution < 1.29 is 4.74 Å². The Hall–Kier alpha value is -0.860. The van der Waals surface area contributed by atoms with Crippen molar-refractivity contribution in [2.75, 3.05) is 13.2 Å². The highest BCUT2D eigenvalue weighted by Crippen LogP contribution is 2.29. The molecule has 1 unspecified atom stereocenters. The van der Waals surface area contributed by atoms with E-state index in [0.29, 0.717) is 6.04 Å². The first kappa shape index (κ1) is 12.6. The SMILES string of the molecule is CC(NCCOCc1ccccc1)C1CCC1. The summed E-state index contributed by atoms with van der Waals surface area (Å²) >= 11 is 0. The molecule has 1 atom stereocenters. The van der Waals surface area contributed by atoms with Crippen LogP contribution in [0, 0.1) is 5.92 Å². The Labute approximate surface area is 104 Å². The molecule has 0 aliphatic heterocycles. The minimum Gasteiger partial charge on any atom is -0.375 e. The van der Waals surface area contributed by atoms with Gasteiger partial charge >= 0.3 is 0 Å². The fourth-order valence-corrected chi connectivity index (χ4v) is 2.23. The van der Waals surface area contributed by atoms with E-state index < -0.39 is 0 Å². The minimum atomic E-state index is 0.657. The van der Waals surface area contributed by atoms with E-state index in [9.17, 15) is 0 Å². The molecule has 0 spiro atoms. The van der Waals surface area contributed by atoms with Gasteiger partial charge in [-0.15, -0.1) is 0 Å². The van der Waals surface area contributed by atoms with Crippen molar-refractivity contribution >= 4 is 0 Å². The van der Waals surface area contributed by atoms with Crippen LogP contribution in [-0.4, -0.2) is 19.2 Å². The molecule has 0 heterocycles. The second-order valence-electron chi connectivity index (χ2n) is 4.97. The van der Waals surface area contributed by atoms with Crippen LogP contribution >= 0.6 is 0 Å². The van der Waals surface area contributed by atoms with Crippen molar-refractivity contribution in [1.82, 2.24) is 5.32 Å². The maximum atomic E-state index is 5.64. The van der Waals surface area contributed by atoms with Crippen LogP contribution in [0.4, 0.5) is 0 Å². The van der Waals surface area contributed by atoms with E-state index in [2.05, 4.69) is 36.5 Å². The summed E-state index contributed by atoms with van der Waals surface area (Å²) in [6, 6.07) is 11.0. The summed E-state index contributed by atoms with van der Waals surface area (Å²) in [6.45, 7) is 4.78. The van der Waals surface area contributed by atoms with E-state index in [-0.39, 0.29) is 0 Å². The molecule has 1 aromatic carbocycles. The molecule has 2 rings (SSSR count). The van der Waals surface area contributed by atoms with E-state index >= 15 is 0 Å². The van der Waals surface area contributed by atoms with Gasteiger partial charge in [-0.05, 0) is 31.2 Å². The third-order valence-electron chi connectivity index (χ3n) is 3.68. The smallest absolute Gasteiger partial charge is 0.0717 e. The second-order valence-corrected chi connectivity index (χ2v) is 4.97. The van der Waals surface area contributed by atoms with Crippen LogP contribution in [0.25, 0.3) is 0 Å². The quantitative estimate of drug-likeness (QED) is 0.731. The molecule has 0 saturated heterocycles. The average Bonchev–Trinajstić information content (AvgIpc) is 2.27. The van der Waals surface area contributed by atoms with E-state index in [0.717, 1.165) is 25.7 Å². The first-order valence-corrected chi connectivity index (χ1v) is 6.71. The summed E-state index contributed by atoms with van der Waals surface area (Å²) in [5.41, 5.74) is 1.25. The van der Waals surface area contributed by atoms with Gasteiger partial charge in [0.1, 0.15) is 0 Å². The lowest BCUT2D eigenvalue weighted by Gasteiger charge is -2.32. The zero-order valence-electron chi connectivity index (χ0n) is 10.7. The fraction of sp³-hybridized carbons (Fsp3) is 0.600. The Kier molecular flexibility index (Phi) is 5.02. The molecule has 2 nitrogen and oxygen atoms in total. The highest BCUT2D eigenvalue weighted by Gasteiger charge is 2.22. The number of benzene rings is 1. The number of ether oxygens (including phenoxy) is 1. The van der Waals surface area contributed by atoms with Gasteiger partial charge in [-0.1, -0.05) is 36.8 Å². The van der Waals surface area contributed by atoms with Crippen molar-refractivity contribution in [3.8, 4) is 0 Å².